The van der Waals surface area contributed by atoms with Gasteiger partial charge in [-0.25, -0.2) is 5.43 Å². The van der Waals surface area contributed by atoms with Gasteiger partial charge in [0.25, 0.3) is 0 Å². The summed E-state index contributed by atoms with van der Waals surface area (Å²) >= 11 is 1.53. The third kappa shape index (κ3) is 4.46. The van der Waals surface area contributed by atoms with Crippen LogP contribution >= 0.6 is 11.3 Å². The Bertz CT molecular complexity index is 658. The number of hydrogen-bond donors (Lipinski definition) is 1. The Kier molecular flexibility index (Phi) is 5.99. The maximum atomic E-state index is 11.8. The van der Waals surface area contributed by atoms with Gasteiger partial charge in [0.05, 0.1) is 39.5 Å². The molecule has 1 N–H and O–H groups in total. The van der Waals surface area contributed by atoms with Crippen LogP contribution in [-0.2, 0) is 11.2 Å². The fraction of sp³-hybridized carbons (Fsp3) is 0.250. The zero-order valence-electron chi connectivity index (χ0n) is 13.2. The maximum absolute atomic E-state index is 11.8. The fourth-order valence-corrected chi connectivity index (χ4v) is 2.64. The minimum absolute atomic E-state index is 0.185. The van der Waals surface area contributed by atoms with E-state index >= 15 is 0 Å². The van der Waals surface area contributed by atoms with Gasteiger partial charge in [0.2, 0.25) is 5.91 Å². The lowest BCUT2D eigenvalue weighted by atomic mass is 10.2. The molecule has 0 fully saturated rings. The van der Waals surface area contributed by atoms with Crippen LogP contribution in [-0.4, -0.2) is 33.5 Å². The van der Waals surface area contributed by atoms with Crippen molar-refractivity contribution in [2.24, 2.45) is 5.10 Å². The van der Waals surface area contributed by atoms with Gasteiger partial charge in [-0.1, -0.05) is 6.07 Å². The number of hydrazone groups is 1. The molecule has 0 saturated heterocycles. The number of nitrogens with zero attached hydrogens (tertiary/aromatic N) is 1. The van der Waals surface area contributed by atoms with Gasteiger partial charge in [-0.3, -0.25) is 4.79 Å². The fourth-order valence-electron chi connectivity index (χ4n) is 1.94. The smallest absolute Gasteiger partial charge is 0.245 e. The van der Waals surface area contributed by atoms with Crippen LogP contribution in [0.15, 0.2) is 34.7 Å². The Morgan fingerprint density at radius 1 is 1.22 bits per heavy atom. The molecule has 0 radical (unpaired) electrons. The highest BCUT2D eigenvalue weighted by molar-refractivity contribution is 7.10. The van der Waals surface area contributed by atoms with Crippen LogP contribution in [0, 0.1) is 0 Å². The van der Waals surface area contributed by atoms with Gasteiger partial charge in [0.15, 0.2) is 0 Å². The lowest BCUT2D eigenvalue weighted by Crippen LogP contribution is -2.19. The normalized spacial score (nSPS) is 10.6. The van der Waals surface area contributed by atoms with Gasteiger partial charge < -0.3 is 14.2 Å². The topological polar surface area (TPSA) is 69.2 Å². The molecule has 2 aromatic rings. The summed E-state index contributed by atoms with van der Waals surface area (Å²) < 4.78 is 15.8. The third-order valence-electron chi connectivity index (χ3n) is 3.05. The van der Waals surface area contributed by atoms with E-state index in [1.54, 1.807) is 33.5 Å². The molecule has 1 aromatic heterocycles. The van der Waals surface area contributed by atoms with Crippen molar-refractivity contribution < 1.29 is 19.0 Å². The Morgan fingerprint density at radius 3 is 2.43 bits per heavy atom. The summed E-state index contributed by atoms with van der Waals surface area (Å²) in [6.07, 6.45) is 1.79. The van der Waals surface area contributed by atoms with Crippen molar-refractivity contribution in [1.29, 1.82) is 0 Å². The minimum atomic E-state index is -0.185. The van der Waals surface area contributed by atoms with Crippen molar-refractivity contribution >= 4 is 23.5 Å². The van der Waals surface area contributed by atoms with Gasteiger partial charge >= 0.3 is 0 Å². The molecule has 122 valence electrons. The van der Waals surface area contributed by atoms with Gasteiger partial charge in [-0.05, 0) is 11.4 Å². The molecule has 6 nitrogen and oxygen atoms in total. The number of rotatable bonds is 7. The molecule has 0 unspecified atom stereocenters. The van der Waals surface area contributed by atoms with Crippen LogP contribution in [0.4, 0.5) is 0 Å². The number of nitrogens with one attached hydrogen (secondary N) is 1. The van der Waals surface area contributed by atoms with E-state index < -0.39 is 0 Å². The van der Waals surface area contributed by atoms with Crippen LogP contribution in [0.3, 0.4) is 0 Å². The van der Waals surface area contributed by atoms with Crippen LogP contribution in [0.1, 0.15) is 10.4 Å². The van der Waals surface area contributed by atoms with E-state index in [4.69, 9.17) is 14.2 Å². The molecule has 1 amide bonds. The maximum Gasteiger partial charge on any atom is 0.245 e. The molecule has 1 aromatic carbocycles. The monoisotopic (exact) mass is 334 g/mol. The molecule has 7 heteroatoms. The molecule has 0 spiro atoms. The lowest BCUT2D eigenvalue weighted by molar-refractivity contribution is -0.120. The Morgan fingerprint density at radius 2 is 1.91 bits per heavy atom. The molecule has 0 aliphatic rings. The Labute approximate surface area is 138 Å². The van der Waals surface area contributed by atoms with E-state index in [0.717, 1.165) is 4.88 Å². The molecule has 0 atom stereocenters. The highest BCUT2D eigenvalue weighted by Crippen LogP contribution is 2.32. The number of carbonyl (C=O) groups is 1. The van der Waals surface area contributed by atoms with Crippen molar-refractivity contribution in [3.63, 3.8) is 0 Å². The Balaban J connectivity index is 2.10. The second-order valence-corrected chi connectivity index (χ2v) is 5.53. The van der Waals surface area contributed by atoms with Gasteiger partial charge in [-0.15, -0.1) is 11.3 Å². The lowest BCUT2D eigenvalue weighted by Gasteiger charge is -2.12. The van der Waals surface area contributed by atoms with Gasteiger partial charge in [-0.2, -0.15) is 5.10 Å². The van der Waals surface area contributed by atoms with Crippen molar-refractivity contribution in [3.05, 3.63) is 40.1 Å². The zero-order valence-corrected chi connectivity index (χ0v) is 14.0. The summed E-state index contributed by atoms with van der Waals surface area (Å²) in [5, 5.41) is 5.90. The van der Waals surface area contributed by atoms with E-state index in [2.05, 4.69) is 10.5 Å². The SMILES string of the molecule is COc1cc(OC)c(/C=N/NC(=O)Cc2cccs2)c(OC)c1. The average Bonchev–Trinajstić information content (AvgIpc) is 3.07. The van der Waals surface area contributed by atoms with Crippen molar-refractivity contribution in [2.45, 2.75) is 6.42 Å². The molecule has 0 saturated carbocycles. The predicted octanol–water partition coefficient (Wildman–Crippen LogP) is 2.47. The van der Waals surface area contributed by atoms with Crippen molar-refractivity contribution in [2.75, 3.05) is 21.3 Å². The molecular weight excluding hydrogens is 316 g/mol. The first-order valence-electron chi connectivity index (χ1n) is 6.82. The first-order chi connectivity index (χ1) is 11.2. The molecule has 23 heavy (non-hydrogen) atoms. The van der Waals surface area contributed by atoms with Crippen molar-refractivity contribution in [1.82, 2.24) is 5.43 Å². The quantitative estimate of drug-likeness (QED) is 0.624. The van der Waals surface area contributed by atoms with Crippen LogP contribution in [0.25, 0.3) is 0 Å². The summed E-state index contributed by atoms with van der Waals surface area (Å²) in [6.45, 7) is 0. The number of thiophene rings is 1. The molecular formula is C16H18N2O4S. The van der Waals surface area contributed by atoms with Crippen LogP contribution < -0.4 is 19.6 Å². The highest BCUT2D eigenvalue weighted by atomic mass is 32.1. The van der Waals surface area contributed by atoms with Gasteiger partial charge in [0.1, 0.15) is 17.2 Å². The largest absolute Gasteiger partial charge is 0.496 e. The molecule has 2 rings (SSSR count). The van der Waals surface area contributed by atoms with E-state index in [0.29, 0.717) is 29.2 Å². The first kappa shape index (κ1) is 16.8. The number of carbonyl (C=O) groups excluding carboxylic acids is 1. The molecule has 1 heterocycles. The average molecular weight is 334 g/mol. The minimum Gasteiger partial charge on any atom is -0.496 e. The third-order valence-corrected chi connectivity index (χ3v) is 3.93. The Hall–Kier alpha value is -2.54. The number of ether oxygens (including phenoxy) is 3. The van der Waals surface area contributed by atoms with E-state index in [1.165, 1.54) is 17.6 Å². The van der Waals surface area contributed by atoms with E-state index in [-0.39, 0.29) is 5.91 Å². The second kappa shape index (κ2) is 8.19. The molecule has 0 aliphatic carbocycles. The summed E-state index contributed by atoms with van der Waals surface area (Å²) in [5.41, 5.74) is 3.11. The predicted molar refractivity (Wildman–Crippen MR) is 89.9 cm³/mol. The summed E-state index contributed by atoms with van der Waals surface area (Å²) in [5.74, 6) is 1.50. The molecule has 0 bridgehead atoms. The summed E-state index contributed by atoms with van der Waals surface area (Å²) in [6, 6.07) is 7.25. The van der Waals surface area contributed by atoms with Crippen LogP contribution in [0.5, 0.6) is 17.2 Å². The van der Waals surface area contributed by atoms with E-state index in [9.17, 15) is 4.79 Å². The number of methoxy groups -OCH3 is 3. The number of benzene rings is 1. The first-order valence-corrected chi connectivity index (χ1v) is 7.70. The summed E-state index contributed by atoms with van der Waals surface area (Å²) in [4.78, 5) is 12.8. The molecule has 0 aliphatic heterocycles. The summed E-state index contributed by atoms with van der Waals surface area (Å²) in [7, 11) is 4.65. The number of amides is 1. The van der Waals surface area contributed by atoms with E-state index in [1.807, 2.05) is 17.5 Å². The van der Waals surface area contributed by atoms with Crippen molar-refractivity contribution in [3.8, 4) is 17.2 Å². The van der Waals surface area contributed by atoms with Crippen LogP contribution in [0.2, 0.25) is 0 Å². The standard InChI is InChI=1S/C16H18N2O4S/c1-20-11-7-14(21-2)13(15(8-11)22-3)10-17-18-16(19)9-12-5-4-6-23-12/h4-8,10H,9H2,1-3H3,(H,18,19)/b17-10+. The van der Waals surface area contributed by atoms with Gasteiger partial charge in [0, 0.05) is 17.0 Å². The second-order valence-electron chi connectivity index (χ2n) is 4.49. The zero-order chi connectivity index (χ0) is 16.7. The highest BCUT2D eigenvalue weighted by Gasteiger charge is 2.11. The number of hydrogen-bond acceptors (Lipinski definition) is 6.